The molecule has 1 unspecified atom stereocenters. The largest absolute Gasteiger partial charge is 0.309 e. The Balaban J connectivity index is 1.66. The van der Waals surface area contributed by atoms with Gasteiger partial charge in [0.05, 0.1) is 0 Å². The van der Waals surface area contributed by atoms with Crippen molar-refractivity contribution in [1.29, 1.82) is 0 Å². The van der Waals surface area contributed by atoms with E-state index < -0.39 is 0 Å². The first-order chi connectivity index (χ1) is 8.72. The lowest BCUT2D eigenvalue weighted by Gasteiger charge is -2.42. The van der Waals surface area contributed by atoms with E-state index in [-0.39, 0.29) is 0 Å². The SMILES string of the molecule is CCC1(CNC2CCc3cc(Cl)ccc32)CCC1. The Kier molecular flexibility index (Phi) is 3.38. The van der Waals surface area contributed by atoms with E-state index in [9.17, 15) is 0 Å². The summed E-state index contributed by atoms with van der Waals surface area (Å²) in [4.78, 5) is 0. The molecule has 2 aliphatic rings. The van der Waals surface area contributed by atoms with Crippen molar-refractivity contribution >= 4 is 11.6 Å². The van der Waals surface area contributed by atoms with E-state index in [2.05, 4.69) is 24.4 Å². The molecule has 2 heteroatoms. The van der Waals surface area contributed by atoms with Crippen LogP contribution in [0, 0.1) is 5.41 Å². The minimum absolute atomic E-state index is 0.557. The third-order valence-electron chi connectivity index (χ3n) is 5.07. The van der Waals surface area contributed by atoms with E-state index >= 15 is 0 Å². The van der Waals surface area contributed by atoms with Gasteiger partial charge in [0.1, 0.15) is 0 Å². The number of benzene rings is 1. The van der Waals surface area contributed by atoms with E-state index in [1.807, 2.05) is 6.07 Å². The lowest BCUT2D eigenvalue weighted by atomic mass is 9.67. The molecule has 0 spiro atoms. The highest BCUT2D eigenvalue weighted by molar-refractivity contribution is 6.30. The summed E-state index contributed by atoms with van der Waals surface area (Å²) in [6.45, 7) is 3.53. The van der Waals surface area contributed by atoms with Crippen LogP contribution in [0.1, 0.15) is 56.2 Å². The maximum atomic E-state index is 6.05. The number of nitrogens with one attached hydrogen (secondary N) is 1. The predicted octanol–water partition coefficient (Wildman–Crippen LogP) is 4.50. The normalized spacial score (nSPS) is 24.7. The molecule has 1 aromatic carbocycles. The molecule has 1 atom stereocenters. The van der Waals surface area contributed by atoms with Crippen LogP contribution in [0.25, 0.3) is 0 Å². The van der Waals surface area contributed by atoms with Crippen molar-refractivity contribution in [1.82, 2.24) is 5.32 Å². The standard InChI is InChI=1S/C16H22ClN/c1-2-16(8-3-9-16)11-18-15-7-4-12-10-13(17)5-6-14(12)15/h5-6,10,15,18H,2-4,7-9,11H2,1H3. The van der Waals surface area contributed by atoms with E-state index in [0.717, 1.165) is 5.02 Å². The summed E-state index contributed by atoms with van der Waals surface area (Å²) < 4.78 is 0. The zero-order valence-corrected chi connectivity index (χ0v) is 11.9. The lowest BCUT2D eigenvalue weighted by Crippen LogP contribution is -2.40. The Labute approximate surface area is 115 Å². The van der Waals surface area contributed by atoms with Crippen molar-refractivity contribution in [2.24, 2.45) is 5.41 Å². The second kappa shape index (κ2) is 4.86. The van der Waals surface area contributed by atoms with E-state index in [1.165, 1.54) is 56.2 Å². The third kappa shape index (κ3) is 2.19. The van der Waals surface area contributed by atoms with Gasteiger partial charge in [0.25, 0.3) is 0 Å². The molecule has 1 N–H and O–H groups in total. The number of fused-ring (bicyclic) bond motifs is 1. The second-order valence-corrected chi connectivity index (χ2v) is 6.46. The number of aryl methyl sites for hydroxylation is 1. The second-order valence-electron chi connectivity index (χ2n) is 6.02. The van der Waals surface area contributed by atoms with Crippen molar-refractivity contribution in [3.8, 4) is 0 Å². The van der Waals surface area contributed by atoms with Crippen LogP contribution in [0.5, 0.6) is 0 Å². The summed E-state index contributed by atoms with van der Waals surface area (Å²) in [7, 11) is 0. The smallest absolute Gasteiger partial charge is 0.0408 e. The number of hydrogen-bond acceptors (Lipinski definition) is 1. The van der Waals surface area contributed by atoms with E-state index in [1.54, 1.807) is 0 Å². The molecule has 0 bridgehead atoms. The van der Waals surface area contributed by atoms with Gasteiger partial charge in [-0.1, -0.05) is 31.0 Å². The van der Waals surface area contributed by atoms with Gasteiger partial charge in [0.2, 0.25) is 0 Å². The first kappa shape index (κ1) is 12.5. The third-order valence-corrected chi connectivity index (χ3v) is 5.31. The topological polar surface area (TPSA) is 12.0 Å². The fraction of sp³-hybridized carbons (Fsp3) is 0.625. The summed E-state index contributed by atoms with van der Waals surface area (Å²) in [5, 5.41) is 4.68. The summed E-state index contributed by atoms with van der Waals surface area (Å²) in [6, 6.07) is 6.93. The van der Waals surface area contributed by atoms with Crippen molar-refractivity contribution < 1.29 is 0 Å². The Morgan fingerprint density at radius 2 is 2.22 bits per heavy atom. The fourth-order valence-electron chi connectivity index (χ4n) is 3.47. The highest BCUT2D eigenvalue weighted by atomic mass is 35.5. The quantitative estimate of drug-likeness (QED) is 0.844. The molecule has 1 saturated carbocycles. The maximum Gasteiger partial charge on any atom is 0.0408 e. The van der Waals surface area contributed by atoms with Crippen LogP contribution in [0.3, 0.4) is 0 Å². The van der Waals surface area contributed by atoms with Crippen LogP contribution in [-0.4, -0.2) is 6.54 Å². The van der Waals surface area contributed by atoms with Gasteiger partial charge in [-0.05, 0) is 60.8 Å². The molecule has 2 aliphatic carbocycles. The van der Waals surface area contributed by atoms with Crippen molar-refractivity contribution in [3.63, 3.8) is 0 Å². The van der Waals surface area contributed by atoms with Crippen LogP contribution in [0.4, 0.5) is 0 Å². The van der Waals surface area contributed by atoms with Crippen molar-refractivity contribution in [2.45, 2.75) is 51.5 Å². The monoisotopic (exact) mass is 263 g/mol. The van der Waals surface area contributed by atoms with Crippen LogP contribution in [-0.2, 0) is 6.42 Å². The van der Waals surface area contributed by atoms with Crippen LogP contribution < -0.4 is 5.32 Å². The fourth-order valence-corrected chi connectivity index (χ4v) is 3.66. The Bertz CT molecular complexity index is 431. The Morgan fingerprint density at radius 1 is 1.39 bits per heavy atom. The van der Waals surface area contributed by atoms with Crippen molar-refractivity contribution in [3.05, 3.63) is 34.3 Å². The minimum atomic E-state index is 0.557. The van der Waals surface area contributed by atoms with Crippen LogP contribution >= 0.6 is 11.6 Å². The molecule has 1 aromatic rings. The van der Waals surface area contributed by atoms with E-state index in [0.29, 0.717) is 11.5 Å². The zero-order valence-electron chi connectivity index (χ0n) is 11.1. The zero-order chi connectivity index (χ0) is 12.6. The molecule has 0 radical (unpaired) electrons. The molecule has 1 fully saturated rings. The Morgan fingerprint density at radius 3 is 2.89 bits per heavy atom. The van der Waals surface area contributed by atoms with Gasteiger partial charge in [0.15, 0.2) is 0 Å². The average Bonchev–Trinajstić information content (AvgIpc) is 2.71. The summed E-state index contributed by atoms with van der Waals surface area (Å²) in [6.07, 6.45) is 7.97. The maximum absolute atomic E-state index is 6.05. The molecule has 3 rings (SSSR count). The predicted molar refractivity (Wildman–Crippen MR) is 77.1 cm³/mol. The molecular weight excluding hydrogens is 242 g/mol. The highest BCUT2D eigenvalue weighted by Crippen LogP contribution is 2.44. The van der Waals surface area contributed by atoms with Gasteiger partial charge in [-0.2, -0.15) is 0 Å². The molecule has 0 amide bonds. The molecular formula is C16H22ClN. The average molecular weight is 264 g/mol. The molecule has 98 valence electrons. The summed E-state index contributed by atoms with van der Waals surface area (Å²) in [5.74, 6) is 0. The van der Waals surface area contributed by atoms with Gasteiger partial charge < -0.3 is 5.32 Å². The highest BCUT2D eigenvalue weighted by Gasteiger charge is 2.35. The van der Waals surface area contributed by atoms with Gasteiger partial charge >= 0.3 is 0 Å². The first-order valence-corrected chi connectivity index (χ1v) is 7.62. The number of halogens is 1. The van der Waals surface area contributed by atoms with Gasteiger partial charge in [-0.3, -0.25) is 0 Å². The summed E-state index contributed by atoms with van der Waals surface area (Å²) in [5.41, 5.74) is 3.53. The molecule has 0 aromatic heterocycles. The van der Waals surface area contributed by atoms with Gasteiger partial charge in [-0.25, -0.2) is 0 Å². The minimum Gasteiger partial charge on any atom is -0.309 e. The van der Waals surface area contributed by atoms with Crippen LogP contribution in [0.2, 0.25) is 5.02 Å². The molecule has 1 nitrogen and oxygen atoms in total. The molecule has 0 heterocycles. The number of rotatable bonds is 4. The first-order valence-electron chi connectivity index (χ1n) is 7.24. The van der Waals surface area contributed by atoms with Crippen LogP contribution in [0.15, 0.2) is 18.2 Å². The van der Waals surface area contributed by atoms with Gasteiger partial charge in [-0.15, -0.1) is 0 Å². The lowest BCUT2D eigenvalue weighted by molar-refractivity contribution is 0.119. The van der Waals surface area contributed by atoms with E-state index in [4.69, 9.17) is 11.6 Å². The molecule has 0 aliphatic heterocycles. The number of hydrogen-bond donors (Lipinski definition) is 1. The molecule has 18 heavy (non-hydrogen) atoms. The molecule has 0 saturated heterocycles. The Hall–Kier alpha value is -0.530. The summed E-state index contributed by atoms with van der Waals surface area (Å²) >= 11 is 6.05. The van der Waals surface area contributed by atoms with Gasteiger partial charge in [0, 0.05) is 17.6 Å². The van der Waals surface area contributed by atoms with Crippen molar-refractivity contribution in [2.75, 3.05) is 6.54 Å².